The van der Waals surface area contributed by atoms with Crippen molar-refractivity contribution in [1.29, 1.82) is 0 Å². The number of carboxylic acids is 2. The zero-order valence-corrected chi connectivity index (χ0v) is 13.4. The summed E-state index contributed by atoms with van der Waals surface area (Å²) in [6.07, 6.45) is 1.01. The van der Waals surface area contributed by atoms with E-state index in [-0.39, 0.29) is 11.3 Å². The molecule has 0 atom stereocenters. The number of rotatable bonds is 2. The van der Waals surface area contributed by atoms with E-state index in [0.29, 0.717) is 0 Å². The van der Waals surface area contributed by atoms with E-state index in [2.05, 4.69) is 4.98 Å². The van der Waals surface area contributed by atoms with Gasteiger partial charge in [0.1, 0.15) is 5.69 Å². The Morgan fingerprint density at radius 1 is 1.06 bits per heavy atom. The van der Waals surface area contributed by atoms with Gasteiger partial charge in [-0.1, -0.05) is 0 Å². The Labute approximate surface area is 115 Å². The van der Waals surface area contributed by atoms with Crippen LogP contribution in [0.25, 0.3) is 0 Å². The van der Waals surface area contributed by atoms with Gasteiger partial charge in [-0.2, -0.15) is 0 Å². The second kappa shape index (κ2) is 7.54. The molecule has 0 aromatic carbocycles. The molecule has 0 saturated carbocycles. The van der Waals surface area contributed by atoms with Gasteiger partial charge >= 0.3 is 61.5 Å². The average Bonchev–Trinajstić information content (AvgIpc) is 2.15. The number of aromatic nitrogens is 1. The van der Waals surface area contributed by atoms with E-state index < -0.39 is 27.4 Å². The molecule has 0 saturated heterocycles. The number of carbonyl (C=O) groups is 2. The zero-order valence-electron chi connectivity index (χ0n) is 7.90. The van der Waals surface area contributed by atoms with Crippen LogP contribution in [0.1, 0.15) is 20.8 Å². The summed E-state index contributed by atoms with van der Waals surface area (Å²) in [5.74, 6) is -2.30. The molecule has 0 aliphatic carbocycles. The number of pyridine rings is 1. The molecule has 0 amide bonds. The van der Waals surface area contributed by atoms with Gasteiger partial charge in [-0.15, -0.1) is 0 Å². The number of hydrogen-bond donors (Lipinski definition) is 2. The summed E-state index contributed by atoms with van der Waals surface area (Å²) >= 11 is -3.29. The Kier molecular flexibility index (Phi) is 7.60. The molecule has 10 heteroatoms. The van der Waals surface area contributed by atoms with Crippen LogP contribution in [0.15, 0.2) is 18.3 Å². The van der Waals surface area contributed by atoms with Gasteiger partial charge in [-0.3, -0.25) is 0 Å². The number of halogens is 4. The van der Waals surface area contributed by atoms with E-state index in [4.69, 9.17) is 44.3 Å². The molecule has 0 spiro atoms. The Morgan fingerprint density at radius 2 is 1.53 bits per heavy atom. The van der Waals surface area contributed by atoms with Crippen LogP contribution >= 0.6 is 34.1 Å². The summed E-state index contributed by atoms with van der Waals surface area (Å²) in [4.78, 5) is 24.0. The molecule has 0 fully saturated rings. The minimum atomic E-state index is -3.29. The maximum absolute atomic E-state index is 10.3. The maximum atomic E-state index is 10.3. The van der Waals surface area contributed by atoms with Crippen LogP contribution in [0.5, 0.6) is 0 Å². The van der Waals surface area contributed by atoms with Crippen molar-refractivity contribution < 1.29 is 35.3 Å². The Hall–Kier alpha value is 0.133. The van der Waals surface area contributed by atoms with Crippen molar-refractivity contribution in [3.63, 3.8) is 0 Å². The van der Waals surface area contributed by atoms with Gasteiger partial charge in [0.15, 0.2) is 0 Å². The molecule has 1 rings (SSSR count). The quantitative estimate of drug-likeness (QED) is 0.796. The third-order valence-electron chi connectivity index (χ3n) is 1.23. The minimum absolute atomic E-state index is 0.0278. The molecule has 1 aromatic heterocycles. The summed E-state index contributed by atoms with van der Waals surface area (Å²) in [6.45, 7) is 0. The predicted octanol–water partition coefficient (Wildman–Crippen LogP) is 3.23. The molecule has 94 valence electrons. The molecule has 5 nitrogen and oxygen atoms in total. The van der Waals surface area contributed by atoms with Crippen LogP contribution in [0.2, 0.25) is 0 Å². The molecule has 0 aliphatic heterocycles. The van der Waals surface area contributed by atoms with Crippen molar-refractivity contribution in [3.8, 4) is 0 Å². The summed E-state index contributed by atoms with van der Waals surface area (Å²) < 4.78 is 0. The summed E-state index contributed by atoms with van der Waals surface area (Å²) in [6, 6.07) is 2.34. The van der Waals surface area contributed by atoms with Gasteiger partial charge in [0.2, 0.25) is 0 Å². The number of nitrogens with zero attached hydrogens (tertiary/aromatic N) is 1. The van der Waals surface area contributed by atoms with Crippen LogP contribution in [0.3, 0.4) is 0 Å². The van der Waals surface area contributed by atoms with Gasteiger partial charge in [0.25, 0.3) is 0 Å². The topological polar surface area (TPSA) is 87.5 Å². The van der Waals surface area contributed by atoms with Crippen molar-refractivity contribution in [1.82, 2.24) is 4.98 Å². The fourth-order valence-electron chi connectivity index (χ4n) is 0.647. The van der Waals surface area contributed by atoms with Crippen molar-refractivity contribution in [2.24, 2.45) is 0 Å². The predicted molar refractivity (Wildman–Crippen MR) is 61.6 cm³/mol. The molecule has 0 bridgehead atoms. The molecule has 2 N–H and O–H groups in total. The van der Waals surface area contributed by atoms with Gasteiger partial charge in [0.05, 0.1) is 5.56 Å². The van der Waals surface area contributed by atoms with Gasteiger partial charge in [0, 0.05) is 6.20 Å². The Morgan fingerprint density at radius 3 is 1.76 bits per heavy atom. The number of aromatic carboxylic acids is 2. The molecule has 1 heterocycles. The van der Waals surface area contributed by atoms with Gasteiger partial charge in [-0.05, 0) is 12.1 Å². The first-order valence-electron chi connectivity index (χ1n) is 3.79. The molecule has 17 heavy (non-hydrogen) atoms. The zero-order chi connectivity index (χ0) is 13.6. The van der Waals surface area contributed by atoms with E-state index in [9.17, 15) is 9.59 Å². The van der Waals surface area contributed by atoms with Gasteiger partial charge < -0.3 is 10.2 Å². The third kappa shape index (κ3) is 9.80. The van der Waals surface area contributed by atoms with Crippen LogP contribution in [-0.2, 0) is 15.5 Å². The first-order chi connectivity index (χ1) is 7.61. The summed E-state index contributed by atoms with van der Waals surface area (Å²) in [7, 11) is 20.1. The number of hydrogen-bond acceptors (Lipinski definition) is 3. The van der Waals surface area contributed by atoms with Crippen LogP contribution in [0, 0.1) is 0 Å². The van der Waals surface area contributed by atoms with Crippen molar-refractivity contribution in [2.75, 3.05) is 0 Å². The van der Waals surface area contributed by atoms with Gasteiger partial charge in [-0.25, -0.2) is 14.6 Å². The van der Waals surface area contributed by atoms with Crippen LogP contribution in [-0.4, -0.2) is 27.1 Å². The third-order valence-corrected chi connectivity index (χ3v) is 1.23. The van der Waals surface area contributed by atoms with Crippen LogP contribution < -0.4 is 0 Å². The van der Waals surface area contributed by atoms with E-state index >= 15 is 0 Å². The van der Waals surface area contributed by atoms with Crippen molar-refractivity contribution in [3.05, 3.63) is 29.6 Å². The SMILES string of the molecule is O=C(O)c1ccc(C(=O)O)nc1.[Cl][Zr]([Cl])([Cl])[Cl]. The second-order valence-corrected chi connectivity index (χ2v) is 24.9. The van der Waals surface area contributed by atoms with E-state index in [1.165, 1.54) is 6.07 Å². The summed E-state index contributed by atoms with van der Waals surface area (Å²) in [5.41, 5.74) is -0.194. The first kappa shape index (κ1) is 17.1. The molecular formula is C7H5Cl4NO4Zr. The molecule has 0 aliphatic rings. The second-order valence-electron chi connectivity index (χ2n) is 2.47. The van der Waals surface area contributed by atoms with Crippen molar-refractivity contribution in [2.45, 2.75) is 0 Å². The molecular weight excluding hydrogens is 395 g/mol. The first-order valence-corrected chi connectivity index (χ1v) is 16.5. The normalized spacial score (nSPS) is 10.1. The molecule has 0 radical (unpaired) electrons. The molecule has 1 aromatic rings. The van der Waals surface area contributed by atoms with E-state index in [0.717, 1.165) is 12.3 Å². The average molecular weight is 400 g/mol. The van der Waals surface area contributed by atoms with Crippen molar-refractivity contribution >= 4 is 46.0 Å². The number of carboxylic acid groups (broad SMARTS) is 2. The van der Waals surface area contributed by atoms with E-state index in [1.54, 1.807) is 0 Å². The summed E-state index contributed by atoms with van der Waals surface area (Å²) in [5, 5.41) is 16.8. The Bertz CT molecular complexity index is 366. The Balaban J connectivity index is 0.000000437. The molecule has 0 unspecified atom stereocenters. The van der Waals surface area contributed by atoms with Crippen LogP contribution in [0.4, 0.5) is 0 Å². The fourth-order valence-corrected chi connectivity index (χ4v) is 0.647. The standard InChI is InChI=1S/C7H5NO4.4ClH.Zr/c9-6(10)4-1-2-5(7(11)12)8-3-4;;;;;/h1-3H,(H,9,10)(H,11,12);4*1H;/q;;;;;+4/p-4. The monoisotopic (exact) mass is 397 g/mol. The fraction of sp³-hybridized carbons (Fsp3) is 0. The van der Waals surface area contributed by atoms with E-state index in [1.807, 2.05) is 0 Å².